The summed E-state index contributed by atoms with van der Waals surface area (Å²) in [7, 11) is 1.46. The number of hydrogen-bond donors (Lipinski definition) is 1. The first kappa shape index (κ1) is 12.5. The van der Waals surface area contributed by atoms with Crippen LogP contribution < -0.4 is 5.32 Å². The number of methoxy groups -OCH3 is 1. The largest absolute Gasteiger partial charge is 0.469 e. The SMILES string of the molecule is CCCNC(C)(CC(=O)OC)CC1CC1. The summed E-state index contributed by atoms with van der Waals surface area (Å²) in [5.41, 5.74) is -0.0652. The topological polar surface area (TPSA) is 38.3 Å². The van der Waals surface area contributed by atoms with E-state index < -0.39 is 0 Å². The fourth-order valence-corrected chi connectivity index (χ4v) is 1.98. The second-order valence-electron chi connectivity index (χ2n) is 4.89. The molecule has 0 aromatic rings. The van der Waals surface area contributed by atoms with Crippen LogP contribution in [0, 0.1) is 5.92 Å². The second-order valence-corrected chi connectivity index (χ2v) is 4.89. The molecule has 0 aromatic carbocycles. The zero-order valence-corrected chi connectivity index (χ0v) is 10.1. The lowest BCUT2D eigenvalue weighted by atomic mass is 9.91. The molecule has 88 valence electrons. The van der Waals surface area contributed by atoms with Crippen molar-refractivity contribution in [2.45, 2.75) is 51.5 Å². The number of carbonyl (C=O) groups is 1. The van der Waals surface area contributed by atoms with Gasteiger partial charge in [0.2, 0.25) is 0 Å². The first-order valence-electron chi connectivity index (χ1n) is 5.91. The minimum atomic E-state index is -0.109. The summed E-state index contributed by atoms with van der Waals surface area (Å²) < 4.78 is 4.75. The molecule has 1 fully saturated rings. The average Bonchev–Trinajstić information content (AvgIpc) is 2.98. The molecule has 0 aromatic heterocycles. The molecule has 0 aliphatic heterocycles. The maximum Gasteiger partial charge on any atom is 0.307 e. The molecule has 1 atom stereocenters. The van der Waals surface area contributed by atoms with E-state index in [1.54, 1.807) is 0 Å². The minimum absolute atomic E-state index is 0.0652. The highest BCUT2D eigenvalue weighted by atomic mass is 16.5. The van der Waals surface area contributed by atoms with Crippen LogP contribution >= 0.6 is 0 Å². The Morgan fingerprint density at radius 2 is 2.20 bits per heavy atom. The van der Waals surface area contributed by atoms with Gasteiger partial charge in [-0.2, -0.15) is 0 Å². The molecular weight excluding hydrogens is 190 g/mol. The fraction of sp³-hybridized carbons (Fsp3) is 0.917. The molecular formula is C12H23NO2. The maximum atomic E-state index is 11.3. The zero-order valence-electron chi connectivity index (χ0n) is 10.1. The molecule has 3 nitrogen and oxygen atoms in total. The quantitative estimate of drug-likeness (QED) is 0.658. The molecule has 1 rings (SSSR count). The Morgan fingerprint density at radius 3 is 2.67 bits per heavy atom. The third-order valence-electron chi connectivity index (χ3n) is 3.00. The van der Waals surface area contributed by atoms with Gasteiger partial charge >= 0.3 is 5.97 Å². The molecule has 0 spiro atoms. The summed E-state index contributed by atoms with van der Waals surface area (Å²) in [4.78, 5) is 11.3. The van der Waals surface area contributed by atoms with E-state index in [0.29, 0.717) is 6.42 Å². The normalized spacial score (nSPS) is 19.7. The lowest BCUT2D eigenvalue weighted by Gasteiger charge is -2.30. The summed E-state index contributed by atoms with van der Waals surface area (Å²) in [6.07, 6.45) is 5.33. The lowest BCUT2D eigenvalue weighted by Crippen LogP contribution is -2.45. The molecule has 1 aliphatic rings. The van der Waals surface area contributed by atoms with E-state index in [9.17, 15) is 4.79 Å². The standard InChI is InChI=1S/C12H23NO2/c1-4-7-13-12(2,8-10-5-6-10)9-11(14)15-3/h10,13H,4-9H2,1-3H3. The molecule has 15 heavy (non-hydrogen) atoms. The highest BCUT2D eigenvalue weighted by Crippen LogP contribution is 2.37. The van der Waals surface area contributed by atoms with Gasteiger partial charge in [0.25, 0.3) is 0 Å². The van der Waals surface area contributed by atoms with Crippen LogP contribution in [0.25, 0.3) is 0 Å². The Balaban J connectivity index is 2.44. The Kier molecular flexibility index (Phi) is 4.58. The van der Waals surface area contributed by atoms with Crippen molar-refractivity contribution in [3.63, 3.8) is 0 Å². The Bertz CT molecular complexity index is 214. The van der Waals surface area contributed by atoms with E-state index in [1.807, 2.05) is 0 Å². The second kappa shape index (κ2) is 5.50. The van der Waals surface area contributed by atoms with Gasteiger partial charge in [-0.1, -0.05) is 19.8 Å². The minimum Gasteiger partial charge on any atom is -0.469 e. The maximum absolute atomic E-state index is 11.3. The van der Waals surface area contributed by atoms with Gasteiger partial charge < -0.3 is 10.1 Å². The number of nitrogens with one attached hydrogen (secondary N) is 1. The van der Waals surface area contributed by atoms with Crippen LogP contribution in [-0.4, -0.2) is 25.2 Å². The van der Waals surface area contributed by atoms with Crippen molar-refractivity contribution >= 4 is 5.97 Å². The monoisotopic (exact) mass is 213 g/mol. The van der Waals surface area contributed by atoms with Crippen molar-refractivity contribution in [1.29, 1.82) is 0 Å². The van der Waals surface area contributed by atoms with E-state index in [4.69, 9.17) is 4.74 Å². The van der Waals surface area contributed by atoms with Gasteiger partial charge in [-0.3, -0.25) is 4.79 Å². The van der Waals surface area contributed by atoms with Crippen LogP contribution in [0.1, 0.15) is 46.0 Å². The van der Waals surface area contributed by atoms with Crippen molar-refractivity contribution in [1.82, 2.24) is 5.32 Å². The number of hydrogen-bond acceptors (Lipinski definition) is 3. The van der Waals surface area contributed by atoms with Gasteiger partial charge in [0.05, 0.1) is 13.5 Å². The van der Waals surface area contributed by atoms with Crippen LogP contribution in [0.15, 0.2) is 0 Å². The van der Waals surface area contributed by atoms with Crippen LogP contribution in [0.2, 0.25) is 0 Å². The Labute approximate surface area is 92.6 Å². The Morgan fingerprint density at radius 1 is 1.53 bits per heavy atom. The summed E-state index contributed by atoms with van der Waals surface area (Å²) in [6.45, 7) is 5.25. The van der Waals surface area contributed by atoms with E-state index in [2.05, 4.69) is 19.2 Å². The van der Waals surface area contributed by atoms with E-state index in [0.717, 1.165) is 25.3 Å². The predicted molar refractivity (Wildman–Crippen MR) is 60.7 cm³/mol. The summed E-state index contributed by atoms with van der Waals surface area (Å²) in [6, 6.07) is 0. The smallest absolute Gasteiger partial charge is 0.307 e. The summed E-state index contributed by atoms with van der Waals surface area (Å²) in [5.74, 6) is 0.714. The van der Waals surface area contributed by atoms with E-state index in [1.165, 1.54) is 20.0 Å². The van der Waals surface area contributed by atoms with Gasteiger partial charge in [0.15, 0.2) is 0 Å². The molecule has 1 N–H and O–H groups in total. The zero-order chi connectivity index (χ0) is 11.3. The third-order valence-corrected chi connectivity index (χ3v) is 3.00. The molecule has 0 saturated heterocycles. The summed E-state index contributed by atoms with van der Waals surface area (Å²) >= 11 is 0. The van der Waals surface area contributed by atoms with Gasteiger partial charge in [0.1, 0.15) is 0 Å². The van der Waals surface area contributed by atoms with Crippen molar-refractivity contribution in [2.24, 2.45) is 5.92 Å². The van der Waals surface area contributed by atoms with Crippen molar-refractivity contribution in [3.8, 4) is 0 Å². The van der Waals surface area contributed by atoms with Crippen LogP contribution in [-0.2, 0) is 9.53 Å². The molecule has 0 amide bonds. The lowest BCUT2D eigenvalue weighted by molar-refractivity contribution is -0.142. The highest BCUT2D eigenvalue weighted by Gasteiger charge is 2.34. The van der Waals surface area contributed by atoms with Crippen molar-refractivity contribution < 1.29 is 9.53 Å². The number of ether oxygens (including phenoxy) is 1. The fourth-order valence-electron chi connectivity index (χ4n) is 1.98. The Hall–Kier alpha value is -0.570. The number of rotatable bonds is 7. The van der Waals surface area contributed by atoms with Gasteiger partial charge in [-0.05, 0) is 32.2 Å². The van der Waals surface area contributed by atoms with Gasteiger partial charge in [-0.25, -0.2) is 0 Å². The number of carbonyl (C=O) groups excluding carboxylic acids is 1. The van der Waals surface area contributed by atoms with E-state index >= 15 is 0 Å². The van der Waals surface area contributed by atoms with Crippen molar-refractivity contribution in [2.75, 3.05) is 13.7 Å². The predicted octanol–water partition coefficient (Wildman–Crippen LogP) is 2.11. The van der Waals surface area contributed by atoms with Crippen LogP contribution in [0.4, 0.5) is 0 Å². The first-order valence-corrected chi connectivity index (χ1v) is 5.91. The first-order chi connectivity index (χ1) is 7.09. The van der Waals surface area contributed by atoms with Gasteiger partial charge in [-0.15, -0.1) is 0 Å². The average molecular weight is 213 g/mol. The summed E-state index contributed by atoms with van der Waals surface area (Å²) in [5, 5.41) is 3.48. The molecule has 0 radical (unpaired) electrons. The number of esters is 1. The molecule has 1 saturated carbocycles. The van der Waals surface area contributed by atoms with Crippen LogP contribution in [0.5, 0.6) is 0 Å². The molecule has 0 bridgehead atoms. The molecule has 0 heterocycles. The molecule has 3 heteroatoms. The third kappa shape index (κ3) is 4.65. The van der Waals surface area contributed by atoms with Crippen LogP contribution in [0.3, 0.4) is 0 Å². The molecule has 1 unspecified atom stereocenters. The van der Waals surface area contributed by atoms with Crippen molar-refractivity contribution in [3.05, 3.63) is 0 Å². The molecule has 1 aliphatic carbocycles. The van der Waals surface area contributed by atoms with E-state index in [-0.39, 0.29) is 11.5 Å². The highest BCUT2D eigenvalue weighted by molar-refractivity contribution is 5.70. The van der Waals surface area contributed by atoms with Gasteiger partial charge in [0, 0.05) is 5.54 Å².